The summed E-state index contributed by atoms with van der Waals surface area (Å²) in [6.07, 6.45) is 9.10. The largest absolute Gasteiger partial charge is 0.348 e. The zero-order valence-corrected chi connectivity index (χ0v) is 12.4. The van der Waals surface area contributed by atoms with Crippen molar-refractivity contribution in [2.45, 2.75) is 32.1 Å². The van der Waals surface area contributed by atoms with E-state index in [2.05, 4.69) is 21.7 Å². The molecule has 6 heteroatoms. The van der Waals surface area contributed by atoms with Gasteiger partial charge in [-0.15, -0.1) is 0 Å². The molecule has 0 saturated heterocycles. The number of halogens is 1. The van der Waals surface area contributed by atoms with Gasteiger partial charge in [-0.3, -0.25) is 9.59 Å². The van der Waals surface area contributed by atoms with Gasteiger partial charge in [-0.1, -0.05) is 23.3 Å². The van der Waals surface area contributed by atoms with Crippen molar-refractivity contribution in [1.29, 1.82) is 0 Å². The van der Waals surface area contributed by atoms with Crippen LogP contribution in [0, 0.1) is 0 Å². The molecule has 0 radical (unpaired) electrons. The molecule has 0 aliphatic heterocycles. The van der Waals surface area contributed by atoms with E-state index in [-0.39, 0.29) is 0 Å². The number of nitrogens with one attached hydrogen (secondary N) is 2. The molecule has 0 aromatic carbocycles. The average Bonchev–Trinajstić information content (AvgIpc) is 2.50. The minimum Gasteiger partial charge on any atom is -0.348 e. The number of anilines is 1. The van der Waals surface area contributed by atoms with Gasteiger partial charge in [-0.25, -0.2) is 4.98 Å². The second-order valence-electron chi connectivity index (χ2n) is 4.93. The van der Waals surface area contributed by atoms with Crippen LogP contribution in [0.3, 0.4) is 0 Å². The van der Waals surface area contributed by atoms with Crippen LogP contribution < -0.4 is 10.6 Å². The molecule has 2 amide bonds. The van der Waals surface area contributed by atoms with Crippen LogP contribution in [0.1, 0.15) is 32.1 Å². The van der Waals surface area contributed by atoms with Gasteiger partial charge in [0.25, 0.3) is 0 Å². The van der Waals surface area contributed by atoms with Gasteiger partial charge >= 0.3 is 11.8 Å². The maximum absolute atomic E-state index is 11.7. The summed E-state index contributed by atoms with van der Waals surface area (Å²) in [6, 6.07) is 3.14. The second-order valence-corrected chi connectivity index (χ2v) is 5.37. The van der Waals surface area contributed by atoms with E-state index in [4.69, 9.17) is 11.6 Å². The molecule has 112 valence electrons. The number of carbonyl (C=O) groups excluding carboxylic acids is 2. The Morgan fingerprint density at radius 1 is 1.24 bits per heavy atom. The SMILES string of the molecule is O=C(NCCC1=CCCCC1)C(=O)Nc1ccc(Cl)cn1. The standard InChI is InChI=1S/C15H18ClN3O2/c16-12-6-7-13(18-10-12)19-15(21)14(20)17-9-8-11-4-2-1-3-5-11/h4,6-7,10H,1-3,5,8-9H2,(H,17,20)(H,18,19,21). The highest BCUT2D eigenvalue weighted by molar-refractivity contribution is 6.39. The van der Waals surface area contributed by atoms with E-state index in [1.165, 1.54) is 24.6 Å². The molecular weight excluding hydrogens is 290 g/mol. The Bertz CT molecular complexity index is 540. The summed E-state index contributed by atoms with van der Waals surface area (Å²) in [6.45, 7) is 0.478. The molecule has 0 spiro atoms. The van der Waals surface area contributed by atoms with Crippen LogP contribution >= 0.6 is 11.6 Å². The van der Waals surface area contributed by atoms with Gasteiger partial charge in [0.15, 0.2) is 0 Å². The number of amides is 2. The molecule has 5 nitrogen and oxygen atoms in total. The molecule has 0 bridgehead atoms. The van der Waals surface area contributed by atoms with Crippen molar-refractivity contribution in [1.82, 2.24) is 10.3 Å². The fraction of sp³-hybridized carbons (Fsp3) is 0.400. The fourth-order valence-corrected chi connectivity index (χ4v) is 2.28. The van der Waals surface area contributed by atoms with E-state index in [1.807, 2.05) is 0 Å². The van der Waals surface area contributed by atoms with Gasteiger partial charge in [0.1, 0.15) is 5.82 Å². The molecule has 1 aliphatic rings. The van der Waals surface area contributed by atoms with Crippen molar-refractivity contribution in [3.63, 3.8) is 0 Å². The highest BCUT2D eigenvalue weighted by atomic mass is 35.5. The molecule has 1 aromatic heterocycles. The predicted molar refractivity (Wildman–Crippen MR) is 82.1 cm³/mol. The first-order chi connectivity index (χ1) is 10.1. The van der Waals surface area contributed by atoms with Crippen LogP contribution in [0.4, 0.5) is 5.82 Å². The monoisotopic (exact) mass is 307 g/mol. The van der Waals surface area contributed by atoms with Crippen LogP contribution in [0.5, 0.6) is 0 Å². The van der Waals surface area contributed by atoms with Gasteiger partial charge in [0, 0.05) is 12.7 Å². The second kappa shape index (κ2) is 7.78. The highest BCUT2D eigenvalue weighted by Gasteiger charge is 2.14. The first-order valence-corrected chi connectivity index (χ1v) is 7.41. The summed E-state index contributed by atoms with van der Waals surface area (Å²) in [5.41, 5.74) is 1.36. The first-order valence-electron chi connectivity index (χ1n) is 7.04. The van der Waals surface area contributed by atoms with Gasteiger partial charge < -0.3 is 10.6 Å². The lowest BCUT2D eigenvalue weighted by Crippen LogP contribution is -2.36. The topological polar surface area (TPSA) is 71.1 Å². The molecule has 21 heavy (non-hydrogen) atoms. The summed E-state index contributed by atoms with van der Waals surface area (Å²) in [5.74, 6) is -1.07. The molecule has 1 aromatic rings. The van der Waals surface area contributed by atoms with Crippen LogP contribution in [0.25, 0.3) is 0 Å². The van der Waals surface area contributed by atoms with Gasteiger partial charge in [-0.2, -0.15) is 0 Å². The number of carbonyl (C=O) groups is 2. The molecule has 0 atom stereocenters. The number of hydrogen-bond acceptors (Lipinski definition) is 3. The van der Waals surface area contributed by atoms with Crippen LogP contribution in [0.15, 0.2) is 30.0 Å². The smallest absolute Gasteiger partial charge is 0.314 e. The lowest BCUT2D eigenvalue weighted by Gasteiger charge is -2.12. The van der Waals surface area contributed by atoms with Crippen LogP contribution in [-0.2, 0) is 9.59 Å². The van der Waals surface area contributed by atoms with Crippen LogP contribution in [-0.4, -0.2) is 23.3 Å². The van der Waals surface area contributed by atoms with E-state index in [1.54, 1.807) is 12.1 Å². The Hall–Kier alpha value is -1.88. The Labute approximate surface area is 128 Å². The van der Waals surface area contributed by atoms with E-state index in [0.717, 1.165) is 19.3 Å². The van der Waals surface area contributed by atoms with E-state index >= 15 is 0 Å². The number of hydrogen-bond donors (Lipinski definition) is 2. The molecule has 0 unspecified atom stereocenters. The zero-order chi connectivity index (χ0) is 15.1. The first kappa shape index (κ1) is 15.5. The molecular formula is C15H18ClN3O2. The Morgan fingerprint density at radius 3 is 2.76 bits per heavy atom. The van der Waals surface area contributed by atoms with E-state index in [0.29, 0.717) is 17.4 Å². The van der Waals surface area contributed by atoms with Gasteiger partial charge in [0.05, 0.1) is 5.02 Å². The Morgan fingerprint density at radius 2 is 2.10 bits per heavy atom. The summed E-state index contributed by atoms with van der Waals surface area (Å²) in [4.78, 5) is 27.2. The van der Waals surface area contributed by atoms with Crippen molar-refractivity contribution in [3.8, 4) is 0 Å². The third-order valence-corrected chi connectivity index (χ3v) is 3.52. The van der Waals surface area contributed by atoms with E-state index < -0.39 is 11.8 Å². The third-order valence-electron chi connectivity index (χ3n) is 3.29. The number of nitrogens with zero attached hydrogens (tertiary/aromatic N) is 1. The molecule has 0 saturated carbocycles. The Kier molecular flexibility index (Phi) is 5.75. The number of pyridine rings is 1. The van der Waals surface area contributed by atoms with Gasteiger partial charge in [-0.05, 0) is 44.2 Å². The highest BCUT2D eigenvalue weighted by Crippen LogP contribution is 2.19. The minimum atomic E-state index is -0.720. The van der Waals surface area contributed by atoms with Crippen molar-refractivity contribution in [2.24, 2.45) is 0 Å². The van der Waals surface area contributed by atoms with Crippen molar-refractivity contribution >= 4 is 29.2 Å². The predicted octanol–water partition coefficient (Wildman–Crippen LogP) is 2.68. The zero-order valence-electron chi connectivity index (χ0n) is 11.7. The normalized spacial score (nSPS) is 14.2. The maximum Gasteiger partial charge on any atom is 0.314 e. The Balaban J connectivity index is 1.73. The third kappa shape index (κ3) is 5.19. The fourth-order valence-electron chi connectivity index (χ4n) is 2.17. The number of rotatable bonds is 4. The lowest BCUT2D eigenvalue weighted by molar-refractivity contribution is -0.136. The van der Waals surface area contributed by atoms with Crippen molar-refractivity contribution in [3.05, 3.63) is 35.0 Å². The summed E-state index contributed by atoms with van der Waals surface area (Å²) in [7, 11) is 0. The van der Waals surface area contributed by atoms with Crippen molar-refractivity contribution < 1.29 is 9.59 Å². The van der Waals surface area contributed by atoms with Crippen molar-refractivity contribution in [2.75, 3.05) is 11.9 Å². The van der Waals surface area contributed by atoms with Gasteiger partial charge in [0.2, 0.25) is 0 Å². The maximum atomic E-state index is 11.7. The number of aromatic nitrogens is 1. The number of allylic oxidation sites excluding steroid dienone is 1. The summed E-state index contributed by atoms with van der Waals surface area (Å²) < 4.78 is 0. The van der Waals surface area contributed by atoms with E-state index in [9.17, 15) is 9.59 Å². The molecule has 1 heterocycles. The molecule has 2 rings (SSSR count). The quantitative estimate of drug-likeness (QED) is 0.663. The summed E-state index contributed by atoms with van der Waals surface area (Å²) in [5, 5.41) is 5.51. The average molecular weight is 308 g/mol. The molecule has 1 aliphatic carbocycles. The lowest BCUT2D eigenvalue weighted by atomic mass is 9.97. The molecule has 0 fully saturated rings. The minimum absolute atomic E-state index is 0.300. The molecule has 2 N–H and O–H groups in total. The van der Waals surface area contributed by atoms with Crippen LogP contribution in [0.2, 0.25) is 5.02 Å². The summed E-state index contributed by atoms with van der Waals surface area (Å²) >= 11 is 5.69.